The van der Waals surface area contributed by atoms with Crippen LogP contribution in [0, 0.1) is 6.92 Å². The van der Waals surface area contributed by atoms with Gasteiger partial charge in [-0.05, 0) is 37.3 Å². The number of pyridine rings is 1. The fourth-order valence-electron chi connectivity index (χ4n) is 3.51. The molecule has 0 aliphatic rings. The Hall–Kier alpha value is -4.79. The topological polar surface area (TPSA) is 121 Å². The van der Waals surface area contributed by atoms with E-state index in [0.29, 0.717) is 39.6 Å². The third-order valence-corrected chi connectivity index (χ3v) is 5.16. The predicted octanol–water partition coefficient (Wildman–Crippen LogP) is 4.21. The highest BCUT2D eigenvalue weighted by molar-refractivity contribution is 5.99. The van der Waals surface area contributed by atoms with Crippen LogP contribution >= 0.6 is 0 Å². The Kier molecular flexibility index (Phi) is 5.57. The Morgan fingerprint density at radius 3 is 2.53 bits per heavy atom. The SMILES string of the molecule is Cc1ccc(NC(=O)Cn2nc(-c3ccc(Oc4ccccc4)nc3)c3c(N)ncnc32)cc1. The van der Waals surface area contributed by atoms with E-state index in [4.69, 9.17) is 10.5 Å². The van der Waals surface area contributed by atoms with Gasteiger partial charge in [0.05, 0.1) is 5.39 Å². The molecule has 0 saturated heterocycles. The highest BCUT2D eigenvalue weighted by Crippen LogP contribution is 2.31. The van der Waals surface area contributed by atoms with Crippen LogP contribution < -0.4 is 15.8 Å². The summed E-state index contributed by atoms with van der Waals surface area (Å²) in [6, 6.07) is 20.5. The number of aromatic nitrogens is 5. The number of nitrogens with one attached hydrogen (secondary N) is 1. The molecular weight excluding hydrogens is 430 g/mol. The number of rotatable bonds is 6. The summed E-state index contributed by atoms with van der Waals surface area (Å²) in [5.41, 5.74) is 9.68. The molecule has 0 radical (unpaired) electrons. The Bertz CT molecular complexity index is 1450. The lowest BCUT2D eigenvalue weighted by Gasteiger charge is -2.06. The van der Waals surface area contributed by atoms with Gasteiger partial charge in [0, 0.05) is 23.5 Å². The Morgan fingerprint density at radius 1 is 1.00 bits per heavy atom. The van der Waals surface area contributed by atoms with Gasteiger partial charge in [-0.2, -0.15) is 5.10 Å². The molecule has 5 aromatic rings. The van der Waals surface area contributed by atoms with E-state index in [9.17, 15) is 4.79 Å². The van der Waals surface area contributed by atoms with Crippen molar-refractivity contribution in [3.05, 3.63) is 84.8 Å². The Labute approximate surface area is 195 Å². The summed E-state index contributed by atoms with van der Waals surface area (Å²) in [6.07, 6.45) is 3.00. The molecule has 168 valence electrons. The number of hydrogen-bond donors (Lipinski definition) is 2. The van der Waals surface area contributed by atoms with Crippen LogP contribution in [0.15, 0.2) is 79.3 Å². The van der Waals surface area contributed by atoms with Gasteiger partial charge >= 0.3 is 0 Å². The third-order valence-electron chi connectivity index (χ3n) is 5.16. The van der Waals surface area contributed by atoms with Gasteiger partial charge in [-0.25, -0.2) is 19.6 Å². The molecule has 9 nitrogen and oxygen atoms in total. The smallest absolute Gasteiger partial charge is 0.246 e. The van der Waals surface area contributed by atoms with Crippen LogP contribution in [-0.2, 0) is 11.3 Å². The Morgan fingerprint density at radius 2 is 1.79 bits per heavy atom. The second kappa shape index (κ2) is 8.99. The van der Waals surface area contributed by atoms with Gasteiger partial charge in [-0.1, -0.05) is 35.9 Å². The number of carbonyl (C=O) groups is 1. The number of hydrogen-bond acceptors (Lipinski definition) is 7. The number of nitrogens with zero attached hydrogens (tertiary/aromatic N) is 5. The number of fused-ring (bicyclic) bond motifs is 1. The van der Waals surface area contributed by atoms with Crippen LogP contribution in [0.3, 0.4) is 0 Å². The number of nitrogens with two attached hydrogens (primary N) is 1. The van der Waals surface area contributed by atoms with Crippen molar-refractivity contribution in [3.63, 3.8) is 0 Å². The molecule has 34 heavy (non-hydrogen) atoms. The number of carbonyl (C=O) groups excluding carboxylic acids is 1. The average Bonchev–Trinajstić information content (AvgIpc) is 3.21. The number of aryl methyl sites for hydroxylation is 1. The summed E-state index contributed by atoms with van der Waals surface area (Å²) < 4.78 is 7.28. The molecular formula is C25H21N7O2. The van der Waals surface area contributed by atoms with Gasteiger partial charge in [0.25, 0.3) is 0 Å². The van der Waals surface area contributed by atoms with Crippen molar-refractivity contribution in [1.82, 2.24) is 24.7 Å². The van der Waals surface area contributed by atoms with Gasteiger partial charge < -0.3 is 15.8 Å². The summed E-state index contributed by atoms with van der Waals surface area (Å²) in [7, 11) is 0. The lowest BCUT2D eigenvalue weighted by Crippen LogP contribution is -2.19. The maximum atomic E-state index is 12.7. The van der Waals surface area contributed by atoms with Crippen LogP contribution in [-0.4, -0.2) is 30.6 Å². The first-order chi connectivity index (χ1) is 16.6. The lowest BCUT2D eigenvalue weighted by atomic mass is 10.1. The van der Waals surface area contributed by atoms with Crippen molar-refractivity contribution in [1.29, 1.82) is 0 Å². The summed E-state index contributed by atoms with van der Waals surface area (Å²) >= 11 is 0. The number of anilines is 2. The van der Waals surface area contributed by atoms with Gasteiger partial charge in [-0.3, -0.25) is 4.79 Å². The molecule has 3 heterocycles. The van der Waals surface area contributed by atoms with Crippen LogP contribution in [0.2, 0.25) is 0 Å². The Balaban J connectivity index is 1.43. The highest BCUT2D eigenvalue weighted by atomic mass is 16.5. The molecule has 2 aromatic carbocycles. The van der Waals surface area contributed by atoms with Crippen LogP contribution in [0.5, 0.6) is 11.6 Å². The van der Waals surface area contributed by atoms with Crippen LogP contribution in [0.25, 0.3) is 22.3 Å². The standard InChI is InChI=1S/C25H21N7O2/c1-16-7-10-18(11-8-16)30-20(33)14-32-25-22(24(26)28-15-29-25)23(31-32)17-9-12-21(27-13-17)34-19-5-3-2-4-6-19/h2-13,15H,14H2,1H3,(H,30,33)(H2,26,28,29). The number of ether oxygens (including phenoxy) is 1. The highest BCUT2D eigenvalue weighted by Gasteiger charge is 2.19. The largest absolute Gasteiger partial charge is 0.439 e. The van der Waals surface area contributed by atoms with Crippen molar-refractivity contribution in [2.75, 3.05) is 11.1 Å². The minimum absolute atomic E-state index is 0.0382. The van der Waals surface area contributed by atoms with Gasteiger partial charge in [0.2, 0.25) is 11.8 Å². The molecule has 0 aliphatic carbocycles. The van der Waals surface area contributed by atoms with E-state index in [2.05, 4.69) is 25.4 Å². The van der Waals surface area contributed by atoms with E-state index in [1.807, 2.05) is 67.6 Å². The molecule has 3 aromatic heterocycles. The van der Waals surface area contributed by atoms with Crippen molar-refractivity contribution in [2.24, 2.45) is 0 Å². The molecule has 0 fully saturated rings. The second-order valence-electron chi connectivity index (χ2n) is 7.68. The van der Waals surface area contributed by atoms with Crippen molar-refractivity contribution < 1.29 is 9.53 Å². The van der Waals surface area contributed by atoms with E-state index < -0.39 is 0 Å². The molecule has 9 heteroatoms. The molecule has 3 N–H and O–H groups in total. The van der Waals surface area contributed by atoms with Gasteiger partial charge in [0.1, 0.15) is 30.1 Å². The first-order valence-electron chi connectivity index (χ1n) is 10.6. The van der Waals surface area contributed by atoms with Gasteiger partial charge in [0.15, 0.2) is 5.65 Å². The number of amides is 1. The monoisotopic (exact) mass is 451 g/mol. The summed E-state index contributed by atoms with van der Waals surface area (Å²) in [4.78, 5) is 25.5. The van der Waals surface area contributed by atoms with Crippen LogP contribution in [0.4, 0.5) is 11.5 Å². The third kappa shape index (κ3) is 4.40. The average molecular weight is 451 g/mol. The van der Waals surface area contributed by atoms with Crippen molar-refractivity contribution >= 4 is 28.4 Å². The zero-order valence-electron chi connectivity index (χ0n) is 18.3. The molecule has 0 aliphatic heterocycles. The first-order valence-corrected chi connectivity index (χ1v) is 10.6. The molecule has 0 unspecified atom stereocenters. The first kappa shape index (κ1) is 21.1. The van der Waals surface area contributed by atoms with E-state index in [1.54, 1.807) is 12.3 Å². The second-order valence-corrected chi connectivity index (χ2v) is 7.68. The van der Waals surface area contributed by atoms with E-state index >= 15 is 0 Å². The predicted molar refractivity (Wildman–Crippen MR) is 129 cm³/mol. The number of benzene rings is 2. The molecule has 0 saturated carbocycles. The van der Waals surface area contributed by atoms with E-state index in [1.165, 1.54) is 11.0 Å². The van der Waals surface area contributed by atoms with E-state index in [0.717, 1.165) is 5.56 Å². The molecule has 5 rings (SSSR count). The van der Waals surface area contributed by atoms with E-state index in [-0.39, 0.29) is 18.3 Å². The maximum absolute atomic E-state index is 12.7. The molecule has 0 bridgehead atoms. The van der Waals surface area contributed by atoms with Crippen molar-refractivity contribution in [2.45, 2.75) is 13.5 Å². The van der Waals surface area contributed by atoms with Crippen molar-refractivity contribution in [3.8, 4) is 22.9 Å². The van der Waals surface area contributed by atoms with Gasteiger partial charge in [-0.15, -0.1) is 0 Å². The molecule has 0 spiro atoms. The molecule has 1 amide bonds. The quantitative estimate of drug-likeness (QED) is 0.397. The van der Waals surface area contributed by atoms with Crippen LogP contribution in [0.1, 0.15) is 5.56 Å². The minimum atomic E-state index is -0.235. The summed E-state index contributed by atoms with van der Waals surface area (Å²) in [5, 5.41) is 8.06. The zero-order chi connectivity index (χ0) is 23.5. The minimum Gasteiger partial charge on any atom is -0.439 e. The summed E-state index contributed by atoms with van der Waals surface area (Å²) in [6.45, 7) is 1.95. The number of para-hydroxylation sites is 1. The maximum Gasteiger partial charge on any atom is 0.246 e. The normalized spacial score (nSPS) is 10.9. The summed E-state index contributed by atoms with van der Waals surface area (Å²) in [5.74, 6) is 1.17. The fourth-order valence-corrected chi connectivity index (χ4v) is 3.51. The number of nitrogen functional groups attached to an aromatic ring is 1. The fraction of sp³-hybridized carbons (Fsp3) is 0.0800. The lowest BCUT2D eigenvalue weighted by molar-refractivity contribution is -0.116. The zero-order valence-corrected chi connectivity index (χ0v) is 18.3. The molecule has 0 atom stereocenters.